The average Bonchev–Trinajstić information content (AvgIpc) is 2.94. The summed E-state index contributed by atoms with van der Waals surface area (Å²) in [5, 5.41) is 2.97. The molecule has 21 heavy (non-hydrogen) atoms. The van der Waals surface area contributed by atoms with Crippen LogP contribution in [0.2, 0.25) is 0 Å². The summed E-state index contributed by atoms with van der Waals surface area (Å²) in [6.45, 7) is 0.846. The van der Waals surface area contributed by atoms with Crippen molar-refractivity contribution in [1.29, 1.82) is 0 Å². The predicted octanol–water partition coefficient (Wildman–Crippen LogP) is 0.966. The van der Waals surface area contributed by atoms with E-state index < -0.39 is 5.82 Å². The van der Waals surface area contributed by atoms with Crippen LogP contribution in [-0.2, 0) is 4.79 Å². The van der Waals surface area contributed by atoms with Gasteiger partial charge < -0.3 is 10.1 Å². The second kappa shape index (κ2) is 6.41. The molecule has 2 fully saturated rings. The Morgan fingerprint density at radius 2 is 2.24 bits per heavy atom. The summed E-state index contributed by atoms with van der Waals surface area (Å²) in [7, 11) is 0. The third-order valence-electron chi connectivity index (χ3n) is 4.21. The monoisotopic (exact) mass is 293 g/mol. The number of para-hydroxylation sites is 1. The van der Waals surface area contributed by atoms with E-state index in [0.717, 1.165) is 25.8 Å². The molecular formula is C15H20FN3O2. The fourth-order valence-electron chi connectivity index (χ4n) is 3.08. The minimum Gasteiger partial charge on any atom is -0.481 e. The molecule has 3 atom stereocenters. The van der Waals surface area contributed by atoms with E-state index in [0.29, 0.717) is 12.0 Å². The number of hydrogen-bond acceptors (Lipinski definition) is 4. The summed E-state index contributed by atoms with van der Waals surface area (Å²) >= 11 is 0. The van der Waals surface area contributed by atoms with Gasteiger partial charge in [0.15, 0.2) is 18.2 Å². The minimum absolute atomic E-state index is 0.109. The summed E-state index contributed by atoms with van der Waals surface area (Å²) in [5.74, 6) is 0.116. The van der Waals surface area contributed by atoms with Crippen LogP contribution in [0.5, 0.6) is 5.75 Å². The summed E-state index contributed by atoms with van der Waals surface area (Å²) in [4.78, 5) is 11.9. The third-order valence-corrected chi connectivity index (χ3v) is 4.21. The summed E-state index contributed by atoms with van der Waals surface area (Å²) < 4.78 is 18.6. The summed E-state index contributed by atoms with van der Waals surface area (Å²) in [6, 6.07) is 6.68. The van der Waals surface area contributed by atoms with E-state index in [9.17, 15) is 9.18 Å². The van der Waals surface area contributed by atoms with Crippen LogP contribution in [0.15, 0.2) is 24.3 Å². The van der Waals surface area contributed by atoms with Crippen LogP contribution < -0.4 is 20.9 Å². The number of nitrogens with one attached hydrogen (secondary N) is 3. The highest BCUT2D eigenvalue weighted by molar-refractivity contribution is 5.77. The summed E-state index contributed by atoms with van der Waals surface area (Å²) in [6.07, 6.45) is 3.00. The van der Waals surface area contributed by atoms with Crippen LogP contribution in [0.3, 0.4) is 0 Å². The first-order valence-electron chi connectivity index (χ1n) is 7.37. The van der Waals surface area contributed by atoms with Gasteiger partial charge in [0.05, 0.1) is 0 Å². The largest absolute Gasteiger partial charge is 0.481 e. The highest BCUT2D eigenvalue weighted by atomic mass is 19.1. The Morgan fingerprint density at radius 3 is 3.10 bits per heavy atom. The maximum absolute atomic E-state index is 13.4. The molecule has 0 radical (unpaired) electrons. The molecule has 1 aliphatic carbocycles. The molecule has 3 N–H and O–H groups in total. The molecule has 3 unspecified atom stereocenters. The van der Waals surface area contributed by atoms with E-state index in [1.54, 1.807) is 12.1 Å². The lowest BCUT2D eigenvalue weighted by atomic mass is 9.83. The molecule has 1 amide bonds. The number of hydrazine groups is 1. The van der Waals surface area contributed by atoms with Crippen molar-refractivity contribution in [2.75, 3.05) is 13.2 Å². The maximum Gasteiger partial charge on any atom is 0.258 e. The molecule has 1 saturated heterocycles. The topological polar surface area (TPSA) is 62.4 Å². The number of hydrogen-bond donors (Lipinski definition) is 3. The van der Waals surface area contributed by atoms with E-state index in [1.807, 2.05) is 0 Å². The van der Waals surface area contributed by atoms with Crippen molar-refractivity contribution in [2.45, 2.75) is 31.3 Å². The van der Waals surface area contributed by atoms with Crippen LogP contribution in [0.25, 0.3) is 0 Å². The number of rotatable bonds is 4. The van der Waals surface area contributed by atoms with Gasteiger partial charge in [-0.3, -0.25) is 15.6 Å². The first kappa shape index (κ1) is 14.3. The van der Waals surface area contributed by atoms with E-state index in [4.69, 9.17) is 4.74 Å². The van der Waals surface area contributed by atoms with Gasteiger partial charge in [-0.05, 0) is 37.3 Å². The lowest BCUT2D eigenvalue weighted by Crippen LogP contribution is -2.46. The van der Waals surface area contributed by atoms with Crippen LogP contribution in [0.4, 0.5) is 4.39 Å². The van der Waals surface area contributed by atoms with Crippen molar-refractivity contribution in [3.8, 4) is 5.75 Å². The van der Waals surface area contributed by atoms with Crippen molar-refractivity contribution in [3.05, 3.63) is 30.1 Å². The Hall–Kier alpha value is -1.66. The van der Waals surface area contributed by atoms with Gasteiger partial charge in [-0.25, -0.2) is 4.39 Å². The Labute approximate surface area is 123 Å². The third kappa shape index (κ3) is 3.51. The second-order valence-electron chi connectivity index (χ2n) is 5.69. The molecule has 0 spiro atoms. The molecule has 0 aromatic heterocycles. The van der Waals surface area contributed by atoms with Crippen LogP contribution in [0, 0.1) is 11.7 Å². The Balaban J connectivity index is 1.45. The number of ether oxygens (including phenoxy) is 1. The van der Waals surface area contributed by atoms with Gasteiger partial charge >= 0.3 is 0 Å². The number of carbonyl (C=O) groups excluding carboxylic acids is 1. The van der Waals surface area contributed by atoms with E-state index in [1.165, 1.54) is 12.1 Å². The van der Waals surface area contributed by atoms with Crippen LogP contribution in [0.1, 0.15) is 19.3 Å². The number of benzene rings is 1. The maximum atomic E-state index is 13.4. The molecule has 2 aliphatic rings. The Kier molecular flexibility index (Phi) is 4.36. The van der Waals surface area contributed by atoms with Gasteiger partial charge in [0.2, 0.25) is 0 Å². The van der Waals surface area contributed by atoms with Crippen LogP contribution in [-0.4, -0.2) is 31.1 Å². The van der Waals surface area contributed by atoms with Gasteiger partial charge in [0, 0.05) is 18.6 Å². The van der Waals surface area contributed by atoms with Gasteiger partial charge in [-0.2, -0.15) is 0 Å². The normalized spacial score (nSPS) is 28.0. The average molecular weight is 293 g/mol. The second-order valence-corrected chi connectivity index (χ2v) is 5.69. The van der Waals surface area contributed by atoms with Crippen molar-refractivity contribution >= 4 is 5.91 Å². The Morgan fingerprint density at radius 1 is 1.38 bits per heavy atom. The molecule has 1 aromatic carbocycles. The van der Waals surface area contributed by atoms with Crippen molar-refractivity contribution in [3.63, 3.8) is 0 Å². The van der Waals surface area contributed by atoms with Gasteiger partial charge in [-0.15, -0.1) is 0 Å². The first-order valence-corrected chi connectivity index (χ1v) is 7.37. The fraction of sp³-hybridized carbons (Fsp3) is 0.533. The van der Waals surface area contributed by atoms with Crippen molar-refractivity contribution < 1.29 is 13.9 Å². The number of amides is 1. The smallest absolute Gasteiger partial charge is 0.258 e. The molecule has 1 aromatic rings. The molecule has 1 aliphatic heterocycles. The fourth-order valence-corrected chi connectivity index (χ4v) is 3.08. The van der Waals surface area contributed by atoms with Crippen molar-refractivity contribution in [1.82, 2.24) is 16.2 Å². The van der Waals surface area contributed by atoms with E-state index >= 15 is 0 Å². The van der Waals surface area contributed by atoms with Crippen LogP contribution >= 0.6 is 0 Å². The molecular weight excluding hydrogens is 273 g/mol. The molecule has 114 valence electrons. The van der Waals surface area contributed by atoms with E-state index in [2.05, 4.69) is 16.2 Å². The molecule has 1 saturated carbocycles. The molecule has 5 nitrogen and oxygen atoms in total. The Bertz CT molecular complexity index is 511. The SMILES string of the molecule is O=C(COc1ccccc1F)NC1CCC2CNNC2C1. The number of fused-ring (bicyclic) bond motifs is 1. The lowest BCUT2D eigenvalue weighted by molar-refractivity contribution is -0.124. The molecule has 0 bridgehead atoms. The minimum atomic E-state index is -0.452. The number of carbonyl (C=O) groups is 1. The van der Waals surface area contributed by atoms with Crippen molar-refractivity contribution in [2.24, 2.45) is 5.92 Å². The zero-order valence-corrected chi connectivity index (χ0v) is 11.8. The molecule has 3 rings (SSSR count). The summed E-state index contributed by atoms with van der Waals surface area (Å²) in [5.41, 5.74) is 6.41. The molecule has 1 heterocycles. The number of halogens is 1. The highest BCUT2D eigenvalue weighted by Gasteiger charge is 2.34. The highest BCUT2D eigenvalue weighted by Crippen LogP contribution is 2.26. The standard InChI is InChI=1S/C15H20FN3O2/c16-12-3-1-2-4-14(12)21-9-15(20)18-11-6-5-10-8-17-19-13(10)7-11/h1-4,10-11,13,17,19H,5-9H2,(H,18,20). The van der Waals surface area contributed by atoms with E-state index in [-0.39, 0.29) is 24.3 Å². The van der Waals surface area contributed by atoms with Gasteiger partial charge in [0.1, 0.15) is 0 Å². The predicted molar refractivity (Wildman–Crippen MR) is 76.1 cm³/mol. The van der Waals surface area contributed by atoms with Gasteiger partial charge in [0.25, 0.3) is 5.91 Å². The first-order chi connectivity index (χ1) is 10.2. The lowest BCUT2D eigenvalue weighted by Gasteiger charge is -2.31. The zero-order valence-electron chi connectivity index (χ0n) is 11.8. The zero-order chi connectivity index (χ0) is 14.7. The quantitative estimate of drug-likeness (QED) is 0.774. The van der Waals surface area contributed by atoms with Gasteiger partial charge in [-0.1, -0.05) is 12.1 Å². The molecule has 6 heteroatoms.